The van der Waals surface area contributed by atoms with Crippen molar-refractivity contribution in [3.8, 4) is 17.2 Å². The lowest BCUT2D eigenvalue weighted by molar-refractivity contribution is 0.0677. The van der Waals surface area contributed by atoms with Gasteiger partial charge in [-0.1, -0.05) is 18.2 Å². The van der Waals surface area contributed by atoms with Crippen molar-refractivity contribution >= 4 is 12.0 Å². The Morgan fingerprint density at radius 3 is 2.55 bits per heavy atom. The van der Waals surface area contributed by atoms with Gasteiger partial charge in [-0.2, -0.15) is 0 Å². The van der Waals surface area contributed by atoms with Crippen molar-refractivity contribution in [2.24, 2.45) is 0 Å². The molecule has 0 aliphatic rings. The zero-order chi connectivity index (χ0) is 20.6. The molecule has 9 heteroatoms. The van der Waals surface area contributed by atoms with E-state index in [1.165, 1.54) is 4.68 Å². The summed E-state index contributed by atoms with van der Waals surface area (Å²) in [6.07, 6.45) is 3.80. The molecule has 2 aromatic carbocycles. The van der Waals surface area contributed by atoms with Gasteiger partial charge >= 0.3 is 5.97 Å². The molecular weight excluding hydrogens is 376 g/mol. The van der Waals surface area contributed by atoms with Crippen molar-refractivity contribution in [1.82, 2.24) is 20.2 Å². The predicted octanol–water partition coefficient (Wildman–Crippen LogP) is 2.53. The summed E-state index contributed by atoms with van der Waals surface area (Å²) in [6, 6.07) is 12.9. The average Bonchev–Trinajstić information content (AvgIpc) is 3.21. The number of aromatic carboxylic acids is 1. The van der Waals surface area contributed by atoms with Crippen LogP contribution in [-0.2, 0) is 6.54 Å². The highest BCUT2D eigenvalue weighted by Crippen LogP contribution is 2.25. The number of methoxy groups -OCH3 is 2. The van der Waals surface area contributed by atoms with Crippen LogP contribution in [0.4, 0.5) is 0 Å². The summed E-state index contributed by atoms with van der Waals surface area (Å²) in [6.45, 7) is 0.636. The second-order valence-corrected chi connectivity index (χ2v) is 5.93. The first-order chi connectivity index (χ1) is 14.1. The van der Waals surface area contributed by atoms with Crippen molar-refractivity contribution in [3.63, 3.8) is 0 Å². The first-order valence-corrected chi connectivity index (χ1v) is 8.70. The molecule has 0 aliphatic heterocycles. The molecule has 0 aliphatic carbocycles. The van der Waals surface area contributed by atoms with Gasteiger partial charge in [0.25, 0.3) is 5.82 Å². The molecule has 150 valence electrons. The van der Waals surface area contributed by atoms with Crippen LogP contribution in [0.3, 0.4) is 0 Å². The van der Waals surface area contributed by atoms with E-state index >= 15 is 0 Å². The lowest BCUT2D eigenvalue weighted by Crippen LogP contribution is -2.12. The van der Waals surface area contributed by atoms with Gasteiger partial charge in [0.1, 0.15) is 23.9 Å². The number of carboxylic acids is 1. The maximum absolute atomic E-state index is 11.0. The maximum Gasteiger partial charge on any atom is 0.375 e. The molecule has 0 unspecified atom stereocenters. The number of ether oxygens (including phenoxy) is 3. The molecule has 0 bridgehead atoms. The monoisotopic (exact) mass is 396 g/mol. The number of carboxylic acid groups (broad SMARTS) is 1. The first-order valence-electron chi connectivity index (χ1n) is 8.70. The smallest absolute Gasteiger partial charge is 0.375 e. The van der Waals surface area contributed by atoms with Crippen LogP contribution in [0.1, 0.15) is 21.7 Å². The van der Waals surface area contributed by atoms with E-state index in [-0.39, 0.29) is 12.4 Å². The minimum absolute atomic E-state index is 0.204. The third-order valence-corrected chi connectivity index (χ3v) is 4.06. The zero-order valence-corrected chi connectivity index (χ0v) is 16.0. The molecule has 29 heavy (non-hydrogen) atoms. The van der Waals surface area contributed by atoms with Gasteiger partial charge in [-0.3, -0.25) is 0 Å². The van der Waals surface area contributed by atoms with Crippen LogP contribution in [0.5, 0.6) is 17.2 Å². The van der Waals surface area contributed by atoms with Crippen molar-refractivity contribution in [3.05, 3.63) is 65.5 Å². The number of nitrogens with zero attached hydrogens (tertiary/aromatic N) is 4. The van der Waals surface area contributed by atoms with Crippen molar-refractivity contribution < 1.29 is 24.1 Å². The normalized spacial score (nSPS) is 10.8. The number of tetrazole rings is 1. The van der Waals surface area contributed by atoms with E-state index in [2.05, 4.69) is 15.5 Å². The molecule has 0 radical (unpaired) electrons. The van der Waals surface area contributed by atoms with E-state index < -0.39 is 5.97 Å². The first kappa shape index (κ1) is 19.9. The topological polar surface area (TPSA) is 109 Å². The number of rotatable bonds is 9. The molecular formula is C20H20N4O5. The molecule has 3 rings (SSSR count). The molecule has 0 amide bonds. The van der Waals surface area contributed by atoms with Crippen molar-refractivity contribution in [2.45, 2.75) is 6.54 Å². The Hall–Kier alpha value is -3.88. The number of hydrogen-bond acceptors (Lipinski definition) is 7. The molecule has 1 heterocycles. The van der Waals surface area contributed by atoms with Gasteiger partial charge in [0.2, 0.25) is 0 Å². The fraction of sp³-hybridized carbons (Fsp3) is 0.200. The molecule has 0 spiro atoms. The Morgan fingerprint density at radius 2 is 1.86 bits per heavy atom. The molecule has 1 N–H and O–H groups in total. The summed E-state index contributed by atoms with van der Waals surface area (Å²) in [5.41, 5.74) is 1.77. The molecule has 9 nitrogen and oxygen atoms in total. The van der Waals surface area contributed by atoms with Crippen LogP contribution < -0.4 is 14.2 Å². The summed E-state index contributed by atoms with van der Waals surface area (Å²) < 4.78 is 17.5. The zero-order valence-electron chi connectivity index (χ0n) is 16.0. The van der Waals surface area contributed by atoms with Gasteiger partial charge in [-0.25, -0.2) is 9.48 Å². The van der Waals surface area contributed by atoms with Crippen LogP contribution >= 0.6 is 0 Å². The van der Waals surface area contributed by atoms with E-state index in [1.54, 1.807) is 14.2 Å². The summed E-state index contributed by atoms with van der Waals surface area (Å²) in [5.74, 6) is 0.760. The van der Waals surface area contributed by atoms with Crippen LogP contribution in [0, 0.1) is 0 Å². The predicted molar refractivity (Wildman–Crippen MR) is 104 cm³/mol. The number of hydrogen-bond donors (Lipinski definition) is 1. The van der Waals surface area contributed by atoms with E-state index in [1.807, 2.05) is 54.6 Å². The van der Waals surface area contributed by atoms with E-state index in [9.17, 15) is 4.79 Å². The highest BCUT2D eigenvalue weighted by molar-refractivity contribution is 5.83. The highest BCUT2D eigenvalue weighted by atomic mass is 16.5. The van der Waals surface area contributed by atoms with Crippen molar-refractivity contribution in [2.75, 3.05) is 20.8 Å². The van der Waals surface area contributed by atoms with Gasteiger partial charge in [-0.15, -0.1) is 5.10 Å². The van der Waals surface area contributed by atoms with Gasteiger partial charge in [-0.05, 0) is 46.3 Å². The van der Waals surface area contributed by atoms with Gasteiger partial charge < -0.3 is 19.3 Å². The fourth-order valence-corrected chi connectivity index (χ4v) is 2.60. The summed E-state index contributed by atoms with van der Waals surface area (Å²) >= 11 is 0. The Balaban J connectivity index is 1.56. The quantitative estimate of drug-likeness (QED) is 0.588. The number of aromatic nitrogens is 4. The van der Waals surface area contributed by atoms with Crippen LogP contribution in [0.2, 0.25) is 0 Å². The van der Waals surface area contributed by atoms with E-state index in [0.29, 0.717) is 18.1 Å². The van der Waals surface area contributed by atoms with Crippen molar-refractivity contribution in [1.29, 1.82) is 0 Å². The summed E-state index contributed by atoms with van der Waals surface area (Å²) in [4.78, 5) is 11.0. The minimum Gasteiger partial charge on any atom is -0.497 e. The molecule has 1 aromatic heterocycles. The van der Waals surface area contributed by atoms with Crippen LogP contribution in [-0.4, -0.2) is 52.1 Å². The van der Waals surface area contributed by atoms with Crippen LogP contribution in [0.25, 0.3) is 6.08 Å². The fourth-order valence-electron chi connectivity index (χ4n) is 2.60. The Labute approximate surface area is 167 Å². The highest BCUT2D eigenvalue weighted by Gasteiger charge is 2.13. The largest absolute Gasteiger partial charge is 0.497 e. The SMILES string of the molecule is COc1ccc(/C=C/COc2ccc(Cn3nnnc3C(=O)O)cc2)c(OC)c1. The lowest BCUT2D eigenvalue weighted by Gasteiger charge is -2.08. The average molecular weight is 396 g/mol. The minimum atomic E-state index is -1.17. The second-order valence-electron chi connectivity index (χ2n) is 5.93. The third-order valence-electron chi connectivity index (χ3n) is 4.06. The van der Waals surface area contributed by atoms with Gasteiger partial charge in [0, 0.05) is 11.6 Å². The van der Waals surface area contributed by atoms with Gasteiger partial charge in [0.05, 0.1) is 20.8 Å². The Bertz CT molecular complexity index is 998. The van der Waals surface area contributed by atoms with E-state index in [0.717, 1.165) is 16.9 Å². The summed E-state index contributed by atoms with van der Waals surface area (Å²) in [7, 11) is 3.22. The molecule has 0 saturated carbocycles. The Morgan fingerprint density at radius 1 is 1.10 bits per heavy atom. The standard InChI is InChI=1S/C20H20N4O5/c1-27-17-10-7-15(18(12-17)28-2)4-3-11-29-16-8-5-14(6-9-16)13-24-19(20(25)26)21-22-23-24/h3-10,12H,11,13H2,1-2H3,(H,25,26)/b4-3+. The van der Waals surface area contributed by atoms with Gasteiger partial charge in [0.15, 0.2) is 0 Å². The summed E-state index contributed by atoms with van der Waals surface area (Å²) in [5, 5.41) is 19.6. The van der Waals surface area contributed by atoms with Crippen LogP contribution in [0.15, 0.2) is 48.5 Å². The lowest BCUT2D eigenvalue weighted by atomic mass is 10.2. The Kier molecular flexibility index (Phi) is 6.41. The molecule has 0 saturated heterocycles. The van der Waals surface area contributed by atoms with E-state index in [4.69, 9.17) is 19.3 Å². The number of carbonyl (C=O) groups is 1. The molecule has 0 atom stereocenters. The number of benzene rings is 2. The maximum atomic E-state index is 11.0. The molecule has 0 fully saturated rings. The molecule has 3 aromatic rings. The third kappa shape index (κ3) is 5.10. The second kappa shape index (κ2) is 9.36.